The van der Waals surface area contributed by atoms with Crippen LogP contribution >= 0.6 is 0 Å². The Morgan fingerprint density at radius 1 is 1.61 bits per heavy atom. The quantitative estimate of drug-likeness (QED) is 0.743. The highest BCUT2D eigenvalue weighted by molar-refractivity contribution is 5.78. The predicted molar refractivity (Wildman–Crippen MR) is 67.1 cm³/mol. The third-order valence-corrected chi connectivity index (χ3v) is 3.60. The summed E-state index contributed by atoms with van der Waals surface area (Å²) in [5.74, 6) is 0.0603. The van der Waals surface area contributed by atoms with E-state index in [1.54, 1.807) is 0 Å². The Balaban J connectivity index is 1.79. The molecule has 1 fully saturated rings. The lowest BCUT2D eigenvalue weighted by Crippen LogP contribution is -2.44. The molecule has 0 radical (unpaired) electrons. The van der Waals surface area contributed by atoms with E-state index in [1.807, 2.05) is 18.5 Å². The number of aromatic amines is 1. The van der Waals surface area contributed by atoms with Crippen molar-refractivity contribution >= 4 is 5.91 Å². The van der Waals surface area contributed by atoms with Crippen LogP contribution in [0.25, 0.3) is 0 Å². The van der Waals surface area contributed by atoms with E-state index >= 15 is 0 Å². The number of nitriles is 1. The summed E-state index contributed by atoms with van der Waals surface area (Å²) in [6.07, 6.45) is 6.29. The summed E-state index contributed by atoms with van der Waals surface area (Å²) in [6, 6.07) is 4.07. The van der Waals surface area contributed by atoms with Gasteiger partial charge in [-0.25, -0.2) is 0 Å². The molecule has 0 unspecified atom stereocenters. The third-order valence-electron chi connectivity index (χ3n) is 3.60. The average molecular weight is 246 g/mol. The van der Waals surface area contributed by atoms with E-state index in [1.165, 1.54) is 0 Å². The molecule has 1 aliphatic carbocycles. The highest BCUT2D eigenvalue weighted by Gasteiger charge is 2.34. The molecule has 5 nitrogen and oxygen atoms in total. The van der Waals surface area contributed by atoms with Gasteiger partial charge in [-0.1, -0.05) is 0 Å². The Hall–Kier alpha value is -1.80. The van der Waals surface area contributed by atoms with E-state index in [0.29, 0.717) is 32.2 Å². The molecule has 0 bridgehead atoms. The molecule has 1 heterocycles. The normalized spacial score (nSPS) is 27.4. The second-order valence-electron chi connectivity index (χ2n) is 4.98. The first kappa shape index (κ1) is 12.7. The maximum Gasteiger partial charge on any atom is 0.223 e. The number of hydrogen-bond donors (Lipinski definition) is 3. The summed E-state index contributed by atoms with van der Waals surface area (Å²) in [5, 5.41) is 11.8. The Kier molecular flexibility index (Phi) is 3.68. The first-order valence-electron chi connectivity index (χ1n) is 6.22. The van der Waals surface area contributed by atoms with Gasteiger partial charge in [0.1, 0.15) is 5.54 Å². The summed E-state index contributed by atoms with van der Waals surface area (Å²) < 4.78 is 0. The van der Waals surface area contributed by atoms with Gasteiger partial charge in [-0.2, -0.15) is 5.26 Å². The van der Waals surface area contributed by atoms with Crippen LogP contribution in [-0.2, 0) is 11.3 Å². The Bertz CT molecular complexity index is 438. The van der Waals surface area contributed by atoms with Gasteiger partial charge in [-0.3, -0.25) is 4.79 Å². The number of rotatable bonds is 3. The molecule has 0 aromatic carbocycles. The van der Waals surface area contributed by atoms with Crippen LogP contribution in [0.4, 0.5) is 0 Å². The van der Waals surface area contributed by atoms with E-state index in [2.05, 4.69) is 16.4 Å². The fourth-order valence-electron chi connectivity index (χ4n) is 2.31. The van der Waals surface area contributed by atoms with Crippen molar-refractivity contribution in [2.45, 2.75) is 37.8 Å². The lowest BCUT2D eigenvalue weighted by molar-refractivity contribution is -0.126. The van der Waals surface area contributed by atoms with Crippen molar-refractivity contribution in [3.8, 4) is 6.07 Å². The van der Waals surface area contributed by atoms with Crippen LogP contribution in [0, 0.1) is 17.2 Å². The van der Waals surface area contributed by atoms with Crippen LogP contribution in [0.3, 0.4) is 0 Å². The summed E-state index contributed by atoms with van der Waals surface area (Å²) in [6.45, 7) is 0.546. The molecule has 2 rings (SSSR count). The fourth-order valence-corrected chi connectivity index (χ4v) is 2.31. The molecule has 5 heteroatoms. The average Bonchev–Trinajstić information content (AvgIpc) is 2.90. The fraction of sp³-hybridized carbons (Fsp3) is 0.538. The maximum absolute atomic E-state index is 11.9. The molecule has 4 N–H and O–H groups in total. The maximum atomic E-state index is 11.9. The number of amides is 1. The monoisotopic (exact) mass is 246 g/mol. The molecule has 1 aromatic rings. The summed E-state index contributed by atoms with van der Waals surface area (Å²) in [7, 11) is 0. The van der Waals surface area contributed by atoms with Gasteiger partial charge in [0.05, 0.1) is 6.07 Å². The van der Waals surface area contributed by atoms with Gasteiger partial charge >= 0.3 is 0 Å². The van der Waals surface area contributed by atoms with Crippen LogP contribution in [0.15, 0.2) is 18.5 Å². The second-order valence-corrected chi connectivity index (χ2v) is 4.98. The predicted octanol–water partition coefficient (Wildman–Crippen LogP) is 1.04. The van der Waals surface area contributed by atoms with Crippen molar-refractivity contribution in [1.29, 1.82) is 5.26 Å². The highest BCUT2D eigenvalue weighted by Crippen LogP contribution is 2.30. The van der Waals surface area contributed by atoms with Crippen molar-refractivity contribution in [2.24, 2.45) is 11.7 Å². The second kappa shape index (κ2) is 5.23. The standard InChI is InChI=1S/C13H18N4O/c14-9-13(15)4-1-11(2-5-13)12(18)17-8-10-3-6-16-7-10/h3,6-7,11,16H,1-2,4-5,8,15H2,(H,17,18). The van der Waals surface area contributed by atoms with Gasteiger partial charge in [-0.15, -0.1) is 0 Å². The number of H-pyrrole nitrogens is 1. The van der Waals surface area contributed by atoms with Crippen LogP contribution in [0.5, 0.6) is 0 Å². The molecule has 96 valence electrons. The van der Waals surface area contributed by atoms with Crippen molar-refractivity contribution < 1.29 is 4.79 Å². The number of hydrogen-bond acceptors (Lipinski definition) is 3. The van der Waals surface area contributed by atoms with Crippen LogP contribution in [-0.4, -0.2) is 16.4 Å². The summed E-state index contributed by atoms with van der Waals surface area (Å²) in [5.41, 5.74) is 6.21. The van der Waals surface area contributed by atoms with E-state index in [-0.39, 0.29) is 11.8 Å². The molecule has 0 atom stereocenters. The summed E-state index contributed by atoms with van der Waals surface area (Å²) >= 11 is 0. The minimum Gasteiger partial charge on any atom is -0.367 e. The number of carbonyl (C=O) groups excluding carboxylic acids is 1. The van der Waals surface area contributed by atoms with Gasteiger partial charge in [0, 0.05) is 24.9 Å². The molecule has 0 aliphatic heterocycles. The zero-order chi connectivity index (χ0) is 13.0. The van der Waals surface area contributed by atoms with Gasteiger partial charge in [0.2, 0.25) is 5.91 Å². The lowest BCUT2D eigenvalue weighted by atomic mass is 9.77. The van der Waals surface area contributed by atoms with Crippen LogP contribution in [0.2, 0.25) is 0 Å². The van der Waals surface area contributed by atoms with Crippen molar-refractivity contribution in [3.05, 3.63) is 24.0 Å². The molecular weight excluding hydrogens is 228 g/mol. The van der Waals surface area contributed by atoms with Crippen molar-refractivity contribution in [1.82, 2.24) is 10.3 Å². The number of nitrogens with two attached hydrogens (primary N) is 1. The van der Waals surface area contributed by atoms with Crippen molar-refractivity contribution in [2.75, 3.05) is 0 Å². The Morgan fingerprint density at radius 2 is 2.33 bits per heavy atom. The molecule has 0 saturated heterocycles. The van der Waals surface area contributed by atoms with Gasteiger partial charge in [0.15, 0.2) is 0 Å². The molecule has 1 aliphatic rings. The number of nitrogens with one attached hydrogen (secondary N) is 2. The number of aromatic nitrogens is 1. The zero-order valence-electron chi connectivity index (χ0n) is 10.3. The van der Waals surface area contributed by atoms with Gasteiger partial charge in [-0.05, 0) is 37.3 Å². The van der Waals surface area contributed by atoms with Gasteiger partial charge < -0.3 is 16.0 Å². The smallest absolute Gasteiger partial charge is 0.223 e. The van der Waals surface area contributed by atoms with Gasteiger partial charge in [0.25, 0.3) is 0 Å². The SMILES string of the molecule is N#CC1(N)CCC(C(=O)NCc2cc[nH]c2)CC1. The van der Waals surface area contributed by atoms with E-state index in [4.69, 9.17) is 11.0 Å². The first-order valence-corrected chi connectivity index (χ1v) is 6.22. The largest absolute Gasteiger partial charge is 0.367 e. The highest BCUT2D eigenvalue weighted by atomic mass is 16.1. The third kappa shape index (κ3) is 2.90. The molecule has 0 spiro atoms. The van der Waals surface area contributed by atoms with Crippen LogP contribution in [0.1, 0.15) is 31.2 Å². The molecule has 1 amide bonds. The number of carbonyl (C=O) groups is 1. The Labute approximate surface area is 106 Å². The molecule has 1 saturated carbocycles. The molecule has 1 aromatic heterocycles. The molecule has 18 heavy (non-hydrogen) atoms. The lowest BCUT2D eigenvalue weighted by Gasteiger charge is -2.30. The van der Waals surface area contributed by atoms with E-state index in [9.17, 15) is 4.79 Å². The van der Waals surface area contributed by atoms with Crippen molar-refractivity contribution in [3.63, 3.8) is 0 Å². The molecular formula is C13H18N4O. The summed E-state index contributed by atoms with van der Waals surface area (Å²) in [4.78, 5) is 14.9. The topological polar surface area (TPSA) is 94.7 Å². The number of nitrogens with zero attached hydrogens (tertiary/aromatic N) is 1. The van der Waals surface area contributed by atoms with Crippen LogP contribution < -0.4 is 11.1 Å². The Morgan fingerprint density at radius 3 is 2.89 bits per heavy atom. The van der Waals surface area contributed by atoms with E-state index < -0.39 is 5.54 Å². The minimum atomic E-state index is -0.725. The minimum absolute atomic E-state index is 0.00559. The van der Waals surface area contributed by atoms with E-state index in [0.717, 1.165) is 5.56 Å². The first-order chi connectivity index (χ1) is 8.63. The zero-order valence-corrected chi connectivity index (χ0v) is 10.3.